The monoisotopic (exact) mass is 299 g/mol. The fraction of sp³-hybridized carbons (Fsp3) is 0.286. The average molecular weight is 299 g/mol. The Kier molecular flexibility index (Phi) is 4.02. The topological polar surface area (TPSA) is 48.3 Å². The predicted molar refractivity (Wildman–Crippen MR) is 69.0 cm³/mol. The van der Waals surface area contributed by atoms with E-state index in [2.05, 4.69) is 0 Å². The summed E-state index contributed by atoms with van der Waals surface area (Å²) >= 11 is 0. The van der Waals surface area contributed by atoms with Crippen LogP contribution in [0.5, 0.6) is 0 Å². The predicted octanol–water partition coefficient (Wildman–Crippen LogP) is 2.95. The van der Waals surface area contributed by atoms with Crippen molar-refractivity contribution in [3.63, 3.8) is 0 Å². The number of rotatable bonds is 4. The second-order valence-corrected chi connectivity index (χ2v) is 4.32. The molecule has 1 heterocycles. The maximum atomic E-state index is 12.6. The van der Waals surface area contributed by atoms with Crippen molar-refractivity contribution in [2.24, 2.45) is 0 Å². The molecule has 0 aliphatic rings. The number of aromatic nitrogens is 1. The van der Waals surface area contributed by atoms with E-state index in [-0.39, 0.29) is 18.5 Å². The third kappa shape index (κ3) is 3.07. The van der Waals surface area contributed by atoms with E-state index in [4.69, 9.17) is 4.74 Å². The van der Waals surface area contributed by atoms with Crippen molar-refractivity contribution in [1.82, 2.24) is 4.57 Å². The van der Waals surface area contributed by atoms with Crippen molar-refractivity contribution in [2.45, 2.75) is 19.6 Å². The number of Topliss-reactive ketones (excluding diaryl/α,β-unsaturated/α-hetero) is 1. The van der Waals surface area contributed by atoms with Gasteiger partial charge >= 0.3 is 12.1 Å². The second-order valence-electron chi connectivity index (χ2n) is 4.32. The number of para-hydroxylation sites is 1. The van der Waals surface area contributed by atoms with Gasteiger partial charge in [0.25, 0.3) is 5.78 Å². The Labute approximate surface area is 118 Å². The summed E-state index contributed by atoms with van der Waals surface area (Å²) in [7, 11) is 0. The molecule has 2 rings (SSSR count). The molecule has 0 amide bonds. The first-order valence-electron chi connectivity index (χ1n) is 6.19. The summed E-state index contributed by atoms with van der Waals surface area (Å²) in [6.45, 7) is 1.55. The summed E-state index contributed by atoms with van der Waals surface area (Å²) in [6.07, 6.45) is -3.92. The number of carbonyl (C=O) groups excluding carboxylic acids is 2. The normalized spacial score (nSPS) is 11.6. The van der Waals surface area contributed by atoms with E-state index in [0.717, 1.165) is 6.20 Å². The van der Waals surface area contributed by atoms with Crippen molar-refractivity contribution in [3.8, 4) is 0 Å². The van der Waals surface area contributed by atoms with E-state index in [1.54, 1.807) is 19.1 Å². The number of esters is 1. The quantitative estimate of drug-likeness (QED) is 0.644. The van der Waals surface area contributed by atoms with Crippen LogP contribution in [0.1, 0.15) is 17.3 Å². The summed E-state index contributed by atoms with van der Waals surface area (Å²) in [5.74, 6) is -2.51. The fourth-order valence-electron chi connectivity index (χ4n) is 2.06. The van der Waals surface area contributed by atoms with E-state index in [0.29, 0.717) is 5.52 Å². The number of nitrogens with zero attached hydrogens (tertiary/aromatic N) is 1. The maximum Gasteiger partial charge on any atom is 0.454 e. The standard InChI is InChI=1S/C14H12F3NO3/c1-2-21-12(19)8-18-7-10(13(20)14(15,16)17)9-5-3-4-6-11(9)18/h3-7H,2,8H2,1H3. The van der Waals surface area contributed by atoms with Crippen LogP contribution in [-0.2, 0) is 16.1 Å². The van der Waals surface area contributed by atoms with Gasteiger partial charge in [-0.2, -0.15) is 13.2 Å². The lowest BCUT2D eigenvalue weighted by Crippen LogP contribution is -2.22. The van der Waals surface area contributed by atoms with Crippen LogP contribution in [0.3, 0.4) is 0 Å². The molecule has 21 heavy (non-hydrogen) atoms. The minimum Gasteiger partial charge on any atom is -0.465 e. The molecular weight excluding hydrogens is 287 g/mol. The van der Waals surface area contributed by atoms with Crippen molar-refractivity contribution in [1.29, 1.82) is 0 Å². The first kappa shape index (κ1) is 15.1. The molecule has 0 radical (unpaired) electrons. The Balaban J connectivity index is 2.49. The minimum atomic E-state index is -4.96. The molecule has 0 aliphatic heterocycles. The van der Waals surface area contributed by atoms with Crippen molar-refractivity contribution >= 4 is 22.7 Å². The van der Waals surface area contributed by atoms with Gasteiger partial charge in [-0.3, -0.25) is 9.59 Å². The van der Waals surface area contributed by atoms with E-state index in [9.17, 15) is 22.8 Å². The van der Waals surface area contributed by atoms with Gasteiger partial charge in [-0.15, -0.1) is 0 Å². The molecule has 1 aromatic heterocycles. The van der Waals surface area contributed by atoms with E-state index in [1.165, 1.54) is 16.7 Å². The van der Waals surface area contributed by atoms with Crippen molar-refractivity contribution in [3.05, 3.63) is 36.0 Å². The Hall–Kier alpha value is -2.31. The summed E-state index contributed by atoms with van der Waals surface area (Å²) in [4.78, 5) is 22.9. The van der Waals surface area contributed by atoms with E-state index >= 15 is 0 Å². The van der Waals surface area contributed by atoms with Crippen LogP contribution < -0.4 is 0 Å². The first-order chi connectivity index (χ1) is 9.84. The van der Waals surface area contributed by atoms with Crippen LogP contribution in [0, 0.1) is 0 Å². The van der Waals surface area contributed by atoms with Gasteiger partial charge in [0.2, 0.25) is 0 Å². The Morgan fingerprint density at radius 2 is 1.90 bits per heavy atom. The zero-order valence-corrected chi connectivity index (χ0v) is 11.1. The molecule has 0 saturated heterocycles. The molecule has 7 heteroatoms. The fourth-order valence-corrected chi connectivity index (χ4v) is 2.06. The highest BCUT2D eigenvalue weighted by atomic mass is 19.4. The van der Waals surface area contributed by atoms with Crippen LogP contribution >= 0.6 is 0 Å². The van der Waals surface area contributed by atoms with Gasteiger partial charge in [0, 0.05) is 17.1 Å². The number of halogens is 3. The first-order valence-corrected chi connectivity index (χ1v) is 6.19. The van der Waals surface area contributed by atoms with Gasteiger partial charge in [0.1, 0.15) is 6.54 Å². The number of ether oxygens (including phenoxy) is 1. The molecule has 0 aliphatic carbocycles. The third-order valence-electron chi connectivity index (χ3n) is 2.90. The molecular formula is C14H12F3NO3. The molecule has 112 valence electrons. The molecule has 0 fully saturated rings. The van der Waals surface area contributed by atoms with Gasteiger partial charge in [-0.05, 0) is 13.0 Å². The molecule has 0 atom stereocenters. The van der Waals surface area contributed by atoms with Crippen LogP contribution in [0.25, 0.3) is 10.9 Å². The average Bonchev–Trinajstić information content (AvgIpc) is 2.76. The highest BCUT2D eigenvalue weighted by Crippen LogP contribution is 2.28. The Morgan fingerprint density at radius 3 is 2.52 bits per heavy atom. The maximum absolute atomic E-state index is 12.6. The molecule has 0 N–H and O–H groups in total. The number of alkyl halides is 3. The third-order valence-corrected chi connectivity index (χ3v) is 2.90. The number of ketones is 1. The van der Waals surface area contributed by atoms with Crippen LogP contribution in [-0.4, -0.2) is 29.1 Å². The zero-order valence-electron chi connectivity index (χ0n) is 11.1. The van der Waals surface area contributed by atoms with Crippen LogP contribution in [0.2, 0.25) is 0 Å². The molecule has 0 saturated carbocycles. The zero-order chi connectivity index (χ0) is 15.6. The van der Waals surface area contributed by atoms with Gasteiger partial charge in [-0.25, -0.2) is 0 Å². The lowest BCUT2D eigenvalue weighted by atomic mass is 10.1. The molecule has 4 nitrogen and oxygen atoms in total. The summed E-state index contributed by atoms with van der Waals surface area (Å²) in [5.41, 5.74) is -0.0967. The summed E-state index contributed by atoms with van der Waals surface area (Å²) < 4.78 is 43.9. The van der Waals surface area contributed by atoms with Gasteiger partial charge in [0.15, 0.2) is 0 Å². The number of fused-ring (bicyclic) bond motifs is 1. The summed E-state index contributed by atoms with van der Waals surface area (Å²) in [5, 5.41) is 0.157. The molecule has 2 aromatic rings. The smallest absolute Gasteiger partial charge is 0.454 e. The lowest BCUT2D eigenvalue weighted by Gasteiger charge is -2.04. The number of hydrogen-bond donors (Lipinski definition) is 0. The molecule has 0 spiro atoms. The van der Waals surface area contributed by atoms with E-state index < -0.39 is 23.5 Å². The lowest BCUT2D eigenvalue weighted by molar-refractivity contribution is -0.143. The SMILES string of the molecule is CCOC(=O)Cn1cc(C(=O)C(F)(F)F)c2ccccc21. The Bertz CT molecular complexity index is 688. The summed E-state index contributed by atoms with van der Waals surface area (Å²) in [6, 6.07) is 6.10. The van der Waals surface area contributed by atoms with E-state index in [1.807, 2.05) is 0 Å². The van der Waals surface area contributed by atoms with Crippen LogP contribution in [0.15, 0.2) is 30.5 Å². The largest absolute Gasteiger partial charge is 0.465 e. The van der Waals surface area contributed by atoms with Crippen molar-refractivity contribution < 1.29 is 27.5 Å². The molecule has 1 aromatic carbocycles. The van der Waals surface area contributed by atoms with Crippen molar-refractivity contribution in [2.75, 3.05) is 6.61 Å². The second kappa shape index (κ2) is 5.59. The van der Waals surface area contributed by atoms with Gasteiger partial charge in [0.05, 0.1) is 12.2 Å². The van der Waals surface area contributed by atoms with Crippen LogP contribution in [0.4, 0.5) is 13.2 Å². The number of hydrogen-bond acceptors (Lipinski definition) is 3. The highest BCUT2D eigenvalue weighted by molar-refractivity contribution is 6.10. The molecule has 0 unspecified atom stereocenters. The molecule has 0 bridgehead atoms. The highest BCUT2D eigenvalue weighted by Gasteiger charge is 2.40. The minimum absolute atomic E-state index is 0.157. The van der Waals surface area contributed by atoms with Gasteiger partial charge in [-0.1, -0.05) is 18.2 Å². The Morgan fingerprint density at radius 1 is 1.24 bits per heavy atom. The number of benzene rings is 1. The van der Waals surface area contributed by atoms with Gasteiger partial charge < -0.3 is 9.30 Å². The number of carbonyl (C=O) groups is 2.